The van der Waals surface area contributed by atoms with Crippen LogP contribution in [-0.4, -0.2) is 78.5 Å². The maximum absolute atomic E-state index is 5.50. The van der Waals surface area contributed by atoms with Gasteiger partial charge in [0.2, 0.25) is 5.82 Å². The Balaban J connectivity index is 0.00000320. The van der Waals surface area contributed by atoms with E-state index in [1.807, 2.05) is 12.1 Å². The van der Waals surface area contributed by atoms with Crippen LogP contribution in [0, 0.1) is 5.92 Å². The van der Waals surface area contributed by atoms with Gasteiger partial charge in [-0.25, -0.2) is 4.98 Å². The van der Waals surface area contributed by atoms with Crippen molar-refractivity contribution in [1.82, 2.24) is 30.7 Å². The highest BCUT2D eigenvalue weighted by Crippen LogP contribution is 2.14. The highest BCUT2D eigenvalue weighted by molar-refractivity contribution is 14.0. The van der Waals surface area contributed by atoms with Crippen molar-refractivity contribution in [3.63, 3.8) is 0 Å². The van der Waals surface area contributed by atoms with Gasteiger partial charge in [0.15, 0.2) is 11.7 Å². The molecule has 0 bridgehead atoms. The third kappa shape index (κ3) is 7.55. The van der Waals surface area contributed by atoms with Crippen molar-refractivity contribution in [3.05, 3.63) is 24.2 Å². The van der Waals surface area contributed by atoms with Crippen LogP contribution in [0.5, 0.6) is 0 Å². The fourth-order valence-corrected chi connectivity index (χ4v) is 3.51. The fourth-order valence-electron chi connectivity index (χ4n) is 3.51. The molecule has 1 fully saturated rings. The van der Waals surface area contributed by atoms with Gasteiger partial charge in [-0.05, 0) is 24.5 Å². The molecule has 2 aromatic heterocycles. The van der Waals surface area contributed by atoms with Gasteiger partial charge in [0.05, 0.1) is 19.5 Å². The number of rotatable bonds is 9. The molecule has 0 aliphatic carbocycles. The number of hydrogen-bond acceptors (Lipinski definition) is 6. The molecule has 1 aliphatic rings. The van der Waals surface area contributed by atoms with E-state index >= 15 is 0 Å². The van der Waals surface area contributed by atoms with Crippen molar-refractivity contribution in [2.45, 2.75) is 32.7 Å². The molecule has 1 atom stereocenters. The number of morpholine rings is 1. The standard InChI is InChI=1S/C20H33N7O2.HI/c1-15(2)13-16(27-8-11-28-12-9-27)14-23-20(21-3)22-7-6-18-24-19(26-25-18)17-5-4-10-29-17;/h4-5,10,15-16H,6-9,11-14H2,1-3H3,(H2,21,22,23)(H,24,25,26);1H. The van der Waals surface area contributed by atoms with E-state index < -0.39 is 0 Å². The Hall–Kier alpha value is -1.66. The van der Waals surface area contributed by atoms with E-state index in [0.29, 0.717) is 36.5 Å². The lowest BCUT2D eigenvalue weighted by atomic mass is 10.0. The van der Waals surface area contributed by atoms with E-state index in [2.05, 4.69) is 49.6 Å². The SMILES string of the molecule is CN=C(NCCc1nc(-c2ccco2)n[nH]1)NCC(CC(C)C)N1CCOCC1.I. The van der Waals surface area contributed by atoms with Crippen LogP contribution in [0.1, 0.15) is 26.1 Å². The zero-order chi connectivity index (χ0) is 20.5. The van der Waals surface area contributed by atoms with Gasteiger partial charge in [0, 0.05) is 45.7 Å². The maximum Gasteiger partial charge on any atom is 0.216 e. The number of hydrogen-bond donors (Lipinski definition) is 3. The van der Waals surface area contributed by atoms with Gasteiger partial charge in [-0.3, -0.25) is 15.0 Å². The van der Waals surface area contributed by atoms with Gasteiger partial charge in [0.25, 0.3) is 0 Å². The second-order valence-electron chi connectivity index (χ2n) is 7.64. The maximum atomic E-state index is 5.50. The second kappa shape index (κ2) is 12.9. The molecule has 0 spiro atoms. The quantitative estimate of drug-likeness (QED) is 0.259. The first-order valence-electron chi connectivity index (χ1n) is 10.4. The minimum atomic E-state index is 0. The first-order valence-corrected chi connectivity index (χ1v) is 10.4. The summed E-state index contributed by atoms with van der Waals surface area (Å²) >= 11 is 0. The molecule has 3 rings (SSSR count). The van der Waals surface area contributed by atoms with E-state index in [4.69, 9.17) is 9.15 Å². The highest BCUT2D eigenvalue weighted by atomic mass is 127. The average molecular weight is 531 g/mol. The number of halogens is 1. The summed E-state index contributed by atoms with van der Waals surface area (Å²) < 4.78 is 10.8. The molecule has 168 valence electrons. The van der Waals surface area contributed by atoms with Gasteiger partial charge in [-0.1, -0.05) is 13.8 Å². The monoisotopic (exact) mass is 531 g/mol. The molecule has 3 heterocycles. The van der Waals surface area contributed by atoms with E-state index in [0.717, 1.165) is 51.1 Å². The molecular weight excluding hydrogens is 497 g/mol. The number of guanidine groups is 1. The summed E-state index contributed by atoms with van der Waals surface area (Å²) in [5.41, 5.74) is 0. The van der Waals surface area contributed by atoms with Crippen LogP contribution in [-0.2, 0) is 11.2 Å². The summed E-state index contributed by atoms with van der Waals surface area (Å²) in [4.78, 5) is 11.3. The molecule has 2 aromatic rings. The van der Waals surface area contributed by atoms with Crippen LogP contribution in [0.25, 0.3) is 11.6 Å². The molecule has 0 saturated carbocycles. The molecule has 1 saturated heterocycles. The van der Waals surface area contributed by atoms with Crippen LogP contribution in [0.3, 0.4) is 0 Å². The number of aromatic amines is 1. The summed E-state index contributed by atoms with van der Waals surface area (Å²) in [6.07, 6.45) is 3.48. The summed E-state index contributed by atoms with van der Waals surface area (Å²) in [5, 5.41) is 14.0. The highest BCUT2D eigenvalue weighted by Gasteiger charge is 2.22. The van der Waals surface area contributed by atoms with E-state index in [1.54, 1.807) is 13.3 Å². The number of ether oxygens (including phenoxy) is 1. The molecule has 3 N–H and O–H groups in total. The zero-order valence-corrected chi connectivity index (χ0v) is 20.4. The Morgan fingerprint density at radius 2 is 2.10 bits per heavy atom. The third-order valence-electron chi connectivity index (χ3n) is 4.96. The Morgan fingerprint density at radius 1 is 1.30 bits per heavy atom. The number of furan rings is 1. The van der Waals surface area contributed by atoms with Gasteiger partial charge >= 0.3 is 0 Å². The first-order chi connectivity index (χ1) is 14.2. The Labute approximate surface area is 195 Å². The summed E-state index contributed by atoms with van der Waals surface area (Å²) in [6, 6.07) is 4.15. The smallest absolute Gasteiger partial charge is 0.216 e. The van der Waals surface area contributed by atoms with Crippen LogP contribution < -0.4 is 10.6 Å². The molecule has 0 radical (unpaired) electrons. The number of aliphatic imine (C=N–C) groups is 1. The van der Waals surface area contributed by atoms with Crippen molar-refractivity contribution in [2.24, 2.45) is 10.9 Å². The zero-order valence-electron chi connectivity index (χ0n) is 18.1. The van der Waals surface area contributed by atoms with Crippen molar-refractivity contribution >= 4 is 29.9 Å². The molecule has 1 unspecified atom stereocenters. The Morgan fingerprint density at radius 3 is 2.77 bits per heavy atom. The lowest BCUT2D eigenvalue weighted by Crippen LogP contribution is -2.51. The van der Waals surface area contributed by atoms with Gasteiger partial charge in [-0.2, -0.15) is 5.10 Å². The minimum absolute atomic E-state index is 0. The van der Waals surface area contributed by atoms with Crippen LogP contribution in [0.2, 0.25) is 0 Å². The Bertz CT molecular complexity index is 742. The Kier molecular flexibility index (Phi) is 10.6. The molecule has 10 heteroatoms. The lowest BCUT2D eigenvalue weighted by Gasteiger charge is -2.35. The molecule has 0 aromatic carbocycles. The van der Waals surface area contributed by atoms with Crippen LogP contribution in [0.15, 0.2) is 27.8 Å². The predicted molar refractivity (Wildman–Crippen MR) is 128 cm³/mol. The second-order valence-corrected chi connectivity index (χ2v) is 7.64. The van der Waals surface area contributed by atoms with Gasteiger partial charge in [0.1, 0.15) is 5.82 Å². The van der Waals surface area contributed by atoms with Crippen LogP contribution in [0.4, 0.5) is 0 Å². The number of nitrogens with zero attached hydrogens (tertiary/aromatic N) is 4. The largest absolute Gasteiger partial charge is 0.461 e. The van der Waals surface area contributed by atoms with Crippen LogP contribution >= 0.6 is 24.0 Å². The van der Waals surface area contributed by atoms with Crippen molar-refractivity contribution < 1.29 is 9.15 Å². The van der Waals surface area contributed by atoms with Crippen molar-refractivity contribution in [3.8, 4) is 11.6 Å². The topological polar surface area (TPSA) is 104 Å². The molecule has 9 nitrogen and oxygen atoms in total. The molecule has 1 aliphatic heterocycles. The molecular formula is C20H34IN7O2. The average Bonchev–Trinajstić information content (AvgIpc) is 3.41. The van der Waals surface area contributed by atoms with E-state index in [9.17, 15) is 0 Å². The van der Waals surface area contributed by atoms with Crippen molar-refractivity contribution in [2.75, 3.05) is 46.4 Å². The summed E-state index contributed by atoms with van der Waals surface area (Å²) in [5.74, 6) is 3.50. The normalized spacial score (nSPS) is 16.3. The third-order valence-corrected chi connectivity index (χ3v) is 4.96. The van der Waals surface area contributed by atoms with Crippen molar-refractivity contribution in [1.29, 1.82) is 0 Å². The first kappa shape index (κ1) is 24.6. The van der Waals surface area contributed by atoms with E-state index in [1.165, 1.54) is 0 Å². The lowest BCUT2D eigenvalue weighted by molar-refractivity contribution is 0.0132. The fraction of sp³-hybridized carbons (Fsp3) is 0.650. The van der Waals surface area contributed by atoms with E-state index in [-0.39, 0.29) is 24.0 Å². The summed E-state index contributed by atoms with van der Waals surface area (Å²) in [7, 11) is 1.80. The predicted octanol–water partition coefficient (Wildman–Crippen LogP) is 2.14. The number of nitrogens with one attached hydrogen (secondary N) is 3. The molecule has 30 heavy (non-hydrogen) atoms. The summed E-state index contributed by atoms with van der Waals surface area (Å²) in [6.45, 7) is 9.74. The molecule has 0 amide bonds. The van der Waals surface area contributed by atoms with Gasteiger partial charge in [-0.15, -0.1) is 24.0 Å². The minimum Gasteiger partial charge on any atom is -0.461 e. The van der Waals surface area contributed by atoms with Gasteiger partial charge < -0.3 is 19.8 Å². The number of H-pyrrole nitrogens is 1. The number of aromatic nitrogens is 3.